The summed E-state index contributed by atoms with van der Waals surface area (Å²) in [6.07, 6.45) is 1.48. The van der Waals surface area contributed by atoms with Crippen LogP contribution < -0.4 is 10.6 Å². The van der Waals surface area contributed by atoms with Gasteiger partial charge in [-0.3, -0.25) is 10.1 Å². The van der Waals surface area contributed by atoms with Crippen molar-refractivity contribution in [1.29, 1.82) is 0 Å². The van der Waals surface area contributed by atoms with Gasteiger partial charge in [0.05, 0.1) is 12.1 Å². The number of nitrogens with one attached hydrogen (secondary N) is 2. The molecule has 0 aliphatic heterocycles. The van der Waals surface area contributed by atoms with E-state index in [0.29, 0.717) is 12.5 Å². The maximum Gasteiger partial charge on any atom is 0.401 e. The summed E-state index contributed by atoms with van der Waals surface area (Å²) in [7, 11) is 0. The third-order valence-electron chi connectivity index (χ3n) is 3.57. The summed E-state index contributed by atoms with van der Waals surface area (Å²) in [5.74, 6) is 0.0958. The molecule has 0 spiro atoms. The minimum Gasteiger partial charge on any atom is -0.354 e. The summed E-state index contributed by atoms with van der Waals surface area (Å²) >= 11 is 0. The molecule has 0 heterocycles. The fourth-order valence-corrected chi connectivity index (χ4v) is 2.25. The zero-order valence-electron chi connectivity index (χ0n) is 11.6. The molecule has 112 valence electrons. The summed E-state index contributed by atoms with van der Waals surface area (Å²) in [6, 6.07) is 0. The monoisotopic (exact) mass is 280 g/mol. The van der Waals surface area contributed by atoms with Crippen molar-refractivity contribution >= 4 is 5.91 Å². The van der Waals surface area contributed by atoms with E-state index >= 15 is 0 Å². The third kappa shape index (κ3) is 6.27. The Labute approximate surface area is 112 Å². The van der Waals surface area contributed by atoms with Gasteiger partial charge in [0.1, 0.15) is 0 Å². The Hall–Kier alpha value is -0.780. The van der Waals surface area contributed by atoms with Crippen molar-refractivity contribution in [3.63, 3.8) is 0 Å². The predicted octanol–water partition coefficient (Wildman–Crippen LogP) is 2.61. The molecule has 0 bridgehead atoms. The van der Waals surface area contributed by atoms with Gasteiger partial charge in [0, 0.05) is 6.54 Å². The second kappa shape index (κ2) is 6.59. The van der Waals surface area contributed by atoms with E-state index in [4.69, 9.17) is 0 Å². The minimum atomic E-state index is -4.30. The number of carbonyl (C=O) groups is 1. The quantitative estimate of drug-likeness (QED) is 0.813. The highest BCUT2D eigenvalue weighted by atomic mass is 19.4. The second-order valence-corrected chi connectivity index (χ2v) is 5.81. The van der Waals surface area contributed by atoms with Gasteiger partial charge in [-0.2, -0.15) is 13.2 Å². The molecule has 0 aromatic carbocycles. The van der Waals surface area contributed by atoms with E-state index in [-0.39, 0.29) is 5.91 Å². The first kappa shape index (κ1) is 16.3. The van der Waals surface area contributed by atoms with Gasteiger partial charge in [0.25, 0.3) is 0 Å². The number of alkyl halides is 3. The predicted molar refractivity (Wildman–Crippen MR) is 67.7 cm³/mol. The van der Waals surface area contributed by atoms with Crippen LogP contribution in [0.3, 0.4) is 0 Å². The Morgan fingerprint density at radius 3 is 2.26 bits per heavy atom. The van der Waals surface area contributed by atoms with Crippen LogP contribution in [0.25, 0.3) is 0 Å². The van der Waals surface area contributed by atoms with Gasteiger partial charge in [-0.1, -0.05) is 19.3 Å². The number of hydrogen-bond acceptors (Lipinski definition) is 2. The summed E-state index contributed by atoms with van der Waals surface area (Å²) in [6.45, 7) is 2.34. The Morgan fingerprint density at radius 1 is 1.16 bits per heavy atom. The molecule has 0 atom stereocenters. The maximum absolute atomic E-state index is 12.1. The molecule has 0 saturated heterocycles. The normalized spacial score (nSPS) is 18.4. The second-order valence-electron chi connectivity index (χ2n) is 5.81. The number of rotatable bonds is 5. The fourth-order valence-electron chi connectivity index (χ4n) is 2.25. The lowest BCUT2D eigenvalue weighted by Gasteiger charge is -2.28. The van der Waals surface area contributed by atoms with Gasteiger partial charge < -0.3 is 5.32 Å². The lowest BCUT2D eigenvalue weighted by molar-refractivity contribution is -0.136. The van der Waals surface area contributed by atoms with Gasteiger partial charge in [-0.15, -0.1) is 0 Å². The molecule has 6 heteroatoms. The van der Waals surface area contributed by atoms with Crippen LogP contribution in [0.15, 0.2) is 0 Å². The van der Waals surface area contributed by atoms with Gasteiger partial charge in [-0.05, 0) is 32.6 Å². The lowest BCUT2D eigenvalue weighted by atomic mass is 9.89. The first-order valence-corrected chi connectivity index (χ1v) is 6.81. The zero-order valence-corrected chi connectivity index (χ0v) is 11.6. The van der Waals surface area contributed by atoms with Crippen LogP contribution in [-0.2, 0) is 4.79 Å². The van der Waals surface area contributed by atoms with Crippen LogP contribution in [0, 0.1) is 5.92 Å². The zero-order chi connectivity index (χ0) is 14.5. The number of halogens is 3. The van der Waals surface area contributed by atoms with E-state index in [2.05, 4.69) is 10.6 Å². The molecular weight excluding hydrogens is 257 g/mol. The van der Waals surface area contributed by atoms with Crippen LogP contribution in [0.1, 0.15) is 46.0 Å². The molecule has 2 N–H and O–H groups in total. The number of amides is 1. The van der Waals surface area contributed by atoms with Crippen molar-refractivity contribution < 1.29 is 18.0 Å². The molecule has 0 aromatic rings. The molecule has 3 nitrogen and oxygen atoms in total. The van der Waals surface area contributed by atoms with Crippen LogP contribution in [0.2, 0.25) is 0 Å². The summed E-state index contributed by atoms with van der Waals surface area (Å²) in [4.78, 5) is 11.9. The van der Waals surface area contributed by atoms with Gasteiger partial charge in [0.15, 0.2) is 0 Å². The molecular formula is C13H23F3N2O. The molecule has 1 aliphatic rings. The van der Waals surface area contributed by atoms with E-state index < -0.39 is 18.3 Å². The van der Waals surface area contributed by atoms with Crippen LogP contribution in [0.5, 0.6) is 0 Å². The fraction of sp³-hybridized carbons (Fsp3) is 0.923. The highest BCUT2D eigenvalue weighted by molar-refractivity contribution is 5.85. The van der Waals surface area contributed by atoms with E-state index in [1.807, 2.05) is 0 Å². The molecule has 1 fully saturated rings. The van der Waals surface area contributed by atoms with Crippen molar-refractivity contribution in [3.8, 4) is 0 Å². The lowest BCUT2D eigenvalue weighted by Crippen LogP contribution is -2.55. The van der Waals surface area contributed by atoms with Gasteiger partial charge in [-0.25, -0.2) is 0 Å². The molecule has 0 unspecified atom stereocenters. The highest BCUT2D eigenvalue weighted by Crippen LogP contribution is 2.23. The SMILES string of the molecule is CC(C)(NCC(F)(F)F)C(=O)NCC1CCCCC1. The standard InChI is InChI=1S/C13H23F3N2O/c1-12(2,18-9-13(14,15)16)11(19)17-8-10-6-4-3-5-7-10/h10,18H,3-9H2,1-2H3,(H,17,19). The van der Waals surface area contributed by atoms with Crippen molar-refractivity contribution in [3.05, 3.63) is 0 Å². The molecule has 0 aromatic heterocycles. The first-order chi connectivity index (χ1) is 8.71. The Morgan fingerprint density at radius 2 is 1.74 bits per heavy atom. The Bertz CT molecular complexity index is 297. The Balaban J connectivity index is 2.33. The summed E-state index contributed by atoms with van der Waals surface area (Å²) in [5, 5.41) is 5.01. The van der Waals surface area contributed by atoms with Crippen LogP contribution in [0.4, 0.5) is 13.2 Å². The van der Waals surface area contributed by atoms with E-state index in [9.17, 15) is 18.0 Å². The van der Waals surface area contributed by atoms with Crippen molar-refractivity contribution in [1.82, 2.24) is 10.6 Å². The van der Waals surface area contributed by atoms with E-state index in [1.54, 1.807) is 0 Å². The molecule has 1 aliphatic carbocycles. The highest BCUT2D eigenvalue weighted by Gasteiger charge is 2.34. The van der Waals surface area contributed by atoms with Gasteiger partial charge in [0.2, 0.25) is 5.91 Å². The minimum absolute atomic E-state index is 0.373. The average molecular weight is 280 g/mol. The van der Waals surface area contributed by atoms with Crippen LogP contribution >= 0.6 is 0 Å². The van der Waals surface area contributed by atoms with E-state index in [0.717, 1.165) is 12.8 Å². The molecule has 19 heavy (non-hydrogen) atoms. The topological polar surface area (TPSA) is 41.1 Å². The smallest absolute Gasteiger partial charge is 0.354 e. The van der Waals surface area contributed by atoms with Crippen molar-refractivity contribution in [2.45, 2.75) is 57.7 Å². The summed E-state index contributed by atoms with van der Waals surface area (Å²) < 4.78 is 36.4. The van der Waals surface area contributed by atoms with E-state index in [1.165, 1.54) is 33.1 Å². The number of hydrogen-bond donors (Lipinski definition) is 2. The van der Waals surface area contributed by atoms with Crippen molar-refractivity contribution in [2.75, 3.05) is 13.1 Å². The third-order valence-corrected chi connectivity index (χ3v) is 3.57. The molecule has 1 saturated carbocycles. The van der Waals surface area contributed by atoms with Crippen LogP contribution in [-0.4, -0.2) is 30.7 Å². The largest absolute Gasteiger partial charge is 0.401 e. The number of carbonyl (C=O) groups excluding carboxylic acids is 1. The van der Waals surface area contributed by atoms with Gasteiger partial charge >= 0.3 is 6.18 Å². The summed E-state index contributed by atoms with van der Waals surface area (Å²) in [5.41, 5.74) is -1.20. The maximum atomic E-state index is 12.1. The first-order valence-electron chi connectivity index (χ1n) is 6.81. The molecule has 1 amide bonds. The Kier molecular flexibility index (Phi) is 5.64. The molecule has 1 rings (SSSR count). The molecule has 0 radical (unpaired) electrons. The average Bonchev–Trinajstić information content (AvgIpc) is 2.34. The van der Waals surface area contributed by atoms with Crippen molar-refractivity contribution in [2.24, 2.45) is 5.92 Å².